The summed E-state index contributed by atoms with van der Waals surface area (Å²) in [6.07, 6.45) is 17.1. The Morgan fingerprint density at radius 2 is 1.75 bits per heavy atom. The molecule has 2 fully saturated rings. The number of hydrogen-bond acceptors (Lipinski definition) is 1. The minimum absolute atomic E-state index is 0.141. The van der Waals surface area contributed by atoms with Crippen LogP contribution in [0.1, 0.15) is 87.9 Å². The second kappa shape index (κ2) is 8.90. The fourth-order valence-electron chi connectivity index (χ4n) is 4.80. The maximum Gasteiger partial charge on any atom is 0.165 e. The Bertz CT molecular complexity index is 739. The van der Waals surface area contributed by atoms with Gasteiger partial charge < -0.3 is 4.74 Å². The fraction of sp³-hybridized carbons (Fsp3) is 0.600. The molecule has 2 atom stereocenters. The molecule has 0 radical (unpaired) electrons. The smallest absolute Gasteiger partial charge is 0.165 e. The molecule has 1 nitrogen and oxygen atoms in total. The number of benzene rings is 1. The molecule has 3 aliphatic rings. The van der Waals surface area contributed by atoms with Crippen molar-refractivity contribution in [1.82, 2.24) is 0 Å². The second-order valence-corrected chi connectivity index (χ2v) is 9.01. The SMILES string of the molecule is CC1CC=C(CC/C=C/C2CCC(c3ccc(C4CO4)c(F)c3F)CC2)CC1. The molecule has 3 heteroatoms. The average molecular weight is 387 g/mol. The van der Waals surface area contributed by atoms with Gasteiger partial charge in [0.05, 0.1) is 6.61 Å². The molecule has 4 rings (SSSR count). The summed E-state index contributed by atoms with van der Waals surface area (Å²) < 4.78 is 33.9. The van der Waals surface area contributed by atoms with Crippen molar-refractivity contribution in [3.63, 3.8) is 0 Å². The van der Waals surface area contributed by atoms with Crippen molar-refractivity contribution in [3.8, 4) is 0 Å². The molecule has 1 heterocycles. The average Bonchev–Trinajstić information content (AvgIpc) is 3.54. The van der Waals surface area contributed by atoms with Gasteiger partial charge in [0, 0.05) is 5.56 Å². The highest BCUT2D eigenvalue weighted by molar-refractivity contribution is 5.32. The van der Waals surface area contributed by atoms with Crippen LogP contribution in [-0.2, 0) is 4.74 Å². The molecule has 0 aromatic heterocycles. The van der Waals surface area contributed by atoms with Gasteiger partial charge in [-0.2, -0.15) is 0 Å². The van der Waals surface area contributed by atoms with E-state index < -0.39 is 11.6 Å². The first kappa shape index (κ1) is 19.8. The number of epoxide rings is 1. The molecular formula is C25H32F2O. The molecule has 0 amide bonds. The molecule has 1 aromatic carbocycles. The Balaban J connectivity index is 1.25. The van der Waals surface area contributed by atoms with Crippen LogP contribution in [0.4, 0.5) is 8.78 Å². The first-order valence-electron chi connectivity index (χ1n) is 11.1. The van der Waals surface area contributed by atoms with Crippen LogP contribution in [0, 0.1) is 23.5 Å². The second-order valence-electron chi connectivity index (χ2n) is 9.01. The largest absolute Gasteiger partial charge is 0.368 e. The van der Waals surface area contributed by atoms with Crippen molar-refractivity contribution in [3.05, 3.63) is 58.7 Å². The molecule has 2 aliphatic carbocycles. The lowest BCUT2D eigenvalue weighted by Gasteiger charge is -2.27. The molecule has 0 spiro atoms. The van der Waals surface area contributed by atoms with Crippen molar-refractivity contribution < 1.29 is 13.5 Å². The predicted molar refractivity (Wildman–Crippen MR) is 109 cm³/mol. The highest BCUT2D eigenvalue weighted by Gasteiger charge is 2.32. The molecule has 28 heavy (non-hydrogen) atoms. The Morgan fingerprint density at radius 3 is 2.43 bits per heavy atom. The van der Waals surface area contributed by atoms with Gasteiger partial charge in [0.25, 0.3) is 0 Å². The van der Waals surface area contributed by atoms with Gasteiger partial charge in [-0.05, 0) is 81.1 Å². The summed E-state index contributed by atoms with van der Waals surface area (Å²) in [5.41, 5.74) is 2.56. The Labute approximate surface area is 167 Å². The van der Waals surface area contributed by atoms with E-state index in [4.69, 9.17) is 4.74 Å². The molecular weight excluding hydrogens is 354 g/mol. The molecule has 1 aliphatic heterocycles. The lowest BCUT2D eigenvalue weighted by atomic mass is 9.78. The van der Waals surface area contributed by atoms with E-state index in [0.29, 0.717) is 23.7 Å². The summed E-state index contributed by atoms with van der Waals surface area (Å²) in [7, 11) is 0. The van der Waals surface area contributed by atoms with E-state index in [0.717, 1.165) is 38.0 Å². The topological polar surface area (TPSA) is 12.5 Å². The van der Waals surface area contributed by atoms with E-state index in [1.807, 2.05) is 0 Å². The quantitative estimate of drug-likeness (QED) is 0.367. The van der Waals surface area contributed by atoms with Gasteiger partial charge in [0.15, 0.2) is 11.6 Å². The number of halogens is 2. The van der Waals surface area contributed by atoms with Gasteiger partial charge in [0.1, 0.15) is 6.10 Å². The van der Waals surface area contributed by atoms with E-state index in [-0.39, 0.29) is 12.0 Å². The standard InChI is InChI=1S/C25H32F2O/c1-17-6-8-18(9-7-17)4-2-3-5-19-10-12-20(13-11-19)21-14-15-22(23-16-28-23)25(27)24(21)26/h3,5,8,14-15,17,19-20,23H,2,4,6-7,9-13,16H2,1H3/b5-3+. The summed E-state index contributed by atoms with van der Waals surface area (Å²) >= 11 is 0. The Morgan fingerprint density at radius 1 is 1.04 bits per heavy atom. The monoisotopic (exact) mass is 386 g/mol. The molecule has 1 aromatic rings. The van der Waals surface area contributed by atoms with E-state index in [2.05, 4.69) is 25.2 Å². The zero-order chi connectivity index (χ0) is 19.5. The van der Waals surface area contributed by atoms with Crippen molar-refractivity contribution in [1.29, 1.82) is 0 Å². The van der Waals surface area contributed by atoms with Crippen LogP contribution in [0.15, 0.2) is 35.9 Å². The Hall–Kier alpha value is -1.48. The maximum atomic E-state index is 14.5. The predicted octanol–water partition coefficient (Wildman–Crippen LogP) is 7.39. The van der Waals surface area contributed by atoms with Crippen LogP contribution in [0.5, 0.6) is 0 Å². The zero-order valence-corrected chi connectivity index (χ0v) is 16.9. The third-order valence-corrected chi connectivity index (χ3v) is 6.84. The van der Waals surface area contributed by atoms with Gasteiger partial charge >= 0.3 is 0 Å². The normalized spacial score (nSPS) is 30.5. The molecule has 0 N–H and O–H groups in total. The van der Waals surface area contributed by atoms with Crippen molar-refractivity contribution >= 4 is 0 Å². The summed E-state index contributed by atoms with van der Waals surface area (Å²) in [5.74, 6) is 0.230. The zero-order valence-electron chi connectivity index (χ0n) is 16.9. The molecule has 0 bridgehead atoms. The first-order valence-corrected chi connectivity index (χ1v) is 11.1. The maximum absolute atomic E-state index is 14.5. The highest BCUT2D eigenvalue weighted by Crippen LogP contribution is 2.40. The minimum atomic E-state index is -0.701. The van der Waals surface area contributed by atoms with Crippen LogP contribution in [0.3, 0.4) is 0 Å². The Kier molecular flexibility index (Phi) is 6.30. The summed E-state index contributed by atoms with van der Waals surface area (Å²) in [6.45, 7) is 2.84. The molecule has 1 saturated heterocycles. The van der Waals surface area contributed by atoms with Gasteiger partial charge in [-0.15, -0.1) is 0 Å². The molecule has 1 saturated carbocycles. The number of hydrogen-bond donors (Lipinski definition) is 0. The van der Waals surface area contributed by atoms with Crippen molar-refractivity contribution in [2.75, 3.05) is 6.61 Å². The summed E-state index contributed by atoms with van der Waals surface area (Å²) in [6, 6.07) is 3.51. The van der Waals surface area contributed by atoms with Crippen LogP contribution in [0.2, 0.25) is 0 Å². The van der Waals surface area contributed by atoms with Crippen molar-refractivity contribution in [2.24, 2.45) is 11.8 Å². The molecule has 2 unspecified atom stereocenters. The van der Waals surface area contributed by atoms with Crippen LogP contribution >= 0.6 is 0 Å². The lowest BCUT2D eigenvalue weighted by molar-refractivity contribution is 0.360. The van der Waals surface area contributed by atoms with Crippen molar-refractivity contribution in [2.45, 2.75) is 76.7 Å². The van der Waals surface area contributed by atoms with Crippen LogP contribution in [-0.4, -0.2) is 6.61 Å². The van der Waals surface area contributed by atoms with E-state index in [1.54, 1.807) is 17.7 Å². The number of rotatable bonds is 6. The van der Waals surface area contributed by atoms with Gasteiger partial charge in [-0.1, -0.05) is 42.9 Å². The highest BCUT2D eigenvalue weighted by atomic mass is 19.2. The summed E-state index contributed by atoms with van der Waals surface area (Å²) in [5, 5.41) is 0. The van der Waals surface area contributed by atoms with Crippen LogP contribution < -0.4 is 0 Å². The van der Waals surface area contributed by atoms with Crippen LogP contribution in [0.25, 0.3) is 0 Å². The number of ether oxygens (including phenoxy) is 1. The van der Waals surface area contributed by atoms with Gasteiger partial charge in [-0.3, -0.25) is 0 Å². The minimum Gasteiger partial charge on any atom is -0.368 e. The first-order chi connectivity index (χ1) is 13.6. The van der Waals surface area contributed by atoms with Gasteiger partial charge in [0.2, 0.25) is 0 Å². The van der Waals surface area contributed by atoms with E-state index in [1.165, 1.54) is 25.7 Å². The van der Waals surface area contributed by atoms with E-state index >= 15 is 0 Å². The number of allylic oxidation sites excluding steroid dienone is 4. The fourth-order valence-corrected chi connectivity index (χ4v) is 4.80. The lowest BCUT2D eigenvalue weighted by Crippen LogP contribution is -2.14. The van der Waals surface area contributed by atoms with E-state index in [9.17, 15) is 8.78 Å². The third kappa shape index (κ3) is 4.74. The summed E-state index contributed by atoms with van der Waals surface area (Å²) in [4.78, 5) is 0. The third-order valence-electron chi connectivity index (χ3n) is 6.84. The molecule has 152 valence electrons. The van der Waals surface area contributed by atoms with Gasteiger partial charge in [-0.25, -0.2) is 8.78 Å².